The van der Waals surface area contributed by atoms with Crippen LogP contribution in [-0.4, -0.2) is 30.9 Å². The van der Waals surface area contributed by atoms with Gasteiger partial charge in [0.1, 0.15) is 0 Å². The largest absolute Gasteiger partial charge is 0.375 e. The van der Waals surface area contributed by atoms with E-state index in [2.05, 4.69) is 12.2 Å². The highest BCUT2D eigenvalue weighted by molar-refractivity contribution is 6.35. The number of carbonyl (C=O) groups is 1. The maximum atomic E-state index is 11.8. The summed E-state index contributed by atoms with van der Waals surface area (Å²) in [6.07, 6.45) is 2.09. The number of anilines is 1. The van der Waals surface area contributed by atoms with Crippen LogP contribution in [0, 0.1) is 0 Å². The van der Waals surface area contributed by atoms with Gasteiger partial charge in [-0.2, -0.15) is 0 Å². The van der Waals surface area contributed by atoms with Crippen molar-refractivity contribution in [2.45, 2.75) is 19.8 Å². The number of unbranched alkanes of at least 4 members (excludes halogenated alkanes) is 1. The molecule has 0 saturated heterocycles. The molecule has 0 saturated carbocycles. The van der Waals surface area contributed by atoms with Crippen LogP contribution in [0.15, 0.2) is 18.2 Å². The summed E-state index contributed by atoms with van der Waals surface area (Å²) in [4.78, 5) is 13.5. The molecule has 0 aliphatic rings. The molecule has 0 heterocycles. The van der Waals surface area contributed by atoms with Gasteiger partial charge in [0.25, 0.3) is 0 Å². The van der Waals surface area contributed by atoms with Crippen molar-refractivity contribution in [3.8, 4) is 0 Å². The number of halogens is 2. The molecule has 0 spiro atoms. The van der Waals surface area contributed by atoms with Gasteiger partial charge in [0.15, 0.2) is 0 Å². The molecular weight excluding hydrogens is 271 g/mol. The number of amides is 1. The van der Waals surface area contributed by atoms with E-state index >= 15 is 0 Å². The maximum absolute atomic E-state index is 11.8. The molecule has 0 aliphatic heterocycles. The molecule has 1 rings (SSSR count). The Hall–Kier alpha value is -0.930. The summed E-state index contributed by atoms with van der Waals surface area (Å²) in [5.74, 6) is 0.0412. The summed E-state index contributed by atoms with van der Waals surface area (Å²) in [7, 11) is 1.80. The van der Waals surface area contributed by atoms with Gasteiger partial charge in [-0.05, 0) is 24.6 Å². The molecule has 0 fully saturated rings. The molecule has 100 valence electrons. The van der Waals surface area contributed by atoms with Gasteiger partial charge in [-0.1, -0.05) is 36.5 Å². The van der Waals surface area contributed by atoms with E-state index in [1.165, 1.54) is 0 Å². The van der Waals surface area contributed by atoms with Gasteiger partial charge >= 0.3 is 0 Å². The van der Waals surface area contributed by atoms with Crippen LogP contribution >= 0.6 is 23.2 Å². The minimum absolute atomic E-state index is 0.0412. The third-order valence-corrected chi connectivity index (χ3v) is 3.20. The molecule has 0 aromatic heterocycles. The summed E-state index contributed by atoms with van der Waals surface area (Å²) in [5.41, 5.74) is 0.682. The number of carbonyl (C=O) groups excluding carboxylic acids is 1. The van der Waals surface area contributed by atoms with E-state index in [-0.39, 0.29) is 12.5 Å². The van der Waals surface area contributed by atoms with Crippen LogP contribution in [-0.2, 0) is 4.79 Å². The van der Waals surface area contributed by atoms with E-state index in [0.717, 1.165) is 19.4 Å². The number of nitrogens with one attached hydrogen (secondary N) is 1. The van der Waals surface area contributed by atoms with Crippen molar-refractivity contribution >= 4 is 34.8 Å². The van der Waals surface area contributed by atoms with Crippen molar-refractivity contribution in [2.24, 2.45) is 0 Å². The lowest BCUT2D eigenvalue weighted by Crippen LogP contribution is -2.32. The Morgan fingerprint density at radius 2 is 2.11 bits per heavy atom. The summed E-state index contributed by atoms with van der Waals surface area (Å²) in [5, 5.41) is 4.15. The minimum atomic E-state index is 0.0412. The molecular formula is C13H18Cl2N2O. The Bertz CT molecular complexity index is 410. The van der Waals surface area contributed by atoms with Crippen LogP contribution in [0.25, 0.3) is 0 Å². The molecule has 0 aliphatic carbocycles. The average molecular weight is 289 g/mol. The fourth-order valence-corrected chi connectivity index (χ4v) is 1.82. The second kappa shape index (κ2) is 7.49. The normalized spacial score (nSPS) is 10.2. The van der Waals surface area contributed by atoms with E-state index in [0.29, 0.717) is 15.7 Å². The molecule has 0 radical (unpaired) electrons. The third kappa shape index (κ3) is 4.75. The number of rotatable bonds is 6. The van der Waals surface area contributed by atoms with Crippen LogP contribution < -0.4 is 5.32 Å². The van der Waals surface area contributed by atoms with Crippen molar-refractivity contribution in [1.29, 1.82) is 0 Å². The van der Waals surface area contributed by atoms with Crippen LogP contribution in [0.1, 0.15) is 19.8 Å². The maximum Gasteiger partial charge on any atom is 0.241 e. The SMILES string of the molecule is CCCCN(C)C(=O)CNc1cc(Cl)ccc1Cl. The lowest BCUT2D eigenvalue weighted by Gasteiger charge is -2.17. The van der Waals surface area contributed by atoms with Crippen LogP contribution in [0.3, 0.4) is 0 Å². The lowest BCUT2D eigenvalue weighted by atomic mass is 10.3. The zero-order valence-corrected chi connectivity index (χ0v) is 12.2. The fraction of sp³-hybridized carbons (Fsp3) is 0.462. The van der Waals surface area contributed by atoms with Gasteiger partial charge < -0.3 is 10.2 Å². The monoisotopic (exact) mass is 288 g/mol. The number of hydrogen-bond donors (Lipinski definition) is 1. The summed E-state index contributed by atoms with van der Waals surface area (Å²) >= 11 is 11.9. The zero-order valence-electron chi connectivity index (χ0n) is 10.7. The van der Waals surface area contributed by atoms with Gasteiger partial charge in [-0.25, -0.2) is 0 Å². The van der Waals surface area contributed by atoms with E-state index in [1.54, 1.807) is 30.1 Å². The second-order valence-corrected chi connectivity index (χ2v) is 4.99. The Morgan fingerprint density at radius 1 is 1.39 bits per heavy atom. The molecule has 1 N–H and O–H groups in total. The molecule has 0 atom stereocenters. The molecule has 18 heavy (non-hydrogen) atoms. The average Bonchev–Trinajstić information content (AvgIpc) is 2.36. The molecule has 3 nitrogen and oxygen atoms in total. The first-order chi connectivity index (χ1) is 8.54. The highest BCUT2D eigenvalue weighted by Gasteiger charge is 2.09. The Morgan fingerprint density at radius 3 is 2.78 bits per heavy atom. The molecule has 1 aromatic carbocycles. The molecule has 1 aromatic rings. The summed E-state index contributed by atoms with van der Waals surface area (Å²) in [6, 6.07) is 5.13. The van der Waals surface area contributed by atoms with Crippen molar-refractivity contribution in [1.82, 2.24) is 4.90 Å². The van der Waals surface area contributed by atoms with E-state index in [1.807, 2.05) is 0 Å². The summed E-state index contributed by atoms with van der Waals surface area (Å²) in [6.45, 7) is 3.10. The number of benzene rings is 1. The molecule has 5 heteroatoms. The highest BCUT2D eigenvalue weighted by atomic mass is 35.5. The van der Waals surface area contributed by atoms with E-state index in [9.17, 15) is 4.79 Å². The van der Waals surface area contributed by atoms with Crippen molar-refractivity contribution in [2.75, 3.05) is 25.5 Å². The van der Waals surface area contributed by atoms with Crippen LogP contribution in [0.2, 0.25) is 10.0 Å². The van der Waals surface area contributed by atoms with Crippen LogP contribution in [0.5, 0.6) is 0 Å². The van der Waals surface area contributed by atoms with Crippen molar-refractivity contribution < 1.29 is 4.79 Å². The third-order valence-electron chi connectivity index (χ3n) is 2.63. The first-order valence-electron chi connectivity index (χ1n) is 5.97. The van der Waals surface area contributed by atoms with Crippen molar-refractivity contribution in [3.63, 3.8) is 0 Å². The first-order valence-corrected chi connectivity index (χ1v) is 6.73. The van der Waals surface area contributed by atoms with E-state index < -0.39 is 0 Å². The van der Waals surface area contributed by atoms with E-state index in [4.69, 9.17) is 23.2 Å². The second-order valence-electron chi connectivity index (χ2n) is 4.15. The van der Waals surface area contributed by atoms with Crippen molar-refractivity contribution in [3.05, 3.63) is 28.2 Å². The standard InChI is InChI=1S/C13H18Cl2N2O/c1-3-4-7-17(2)13(18)9-16-12-8-10(14)5-6-11(12)15/h5-6,8,16H,3-4,7,9H2,1-2H3. The van der Waals surface area contributed by atoms with Gasteiger partial charge in [-0.3, -0.25) is 4.79 Å². The van der Waals surface area contributed by atoms with Gasteiger partial charge in [-0.15, -0.1) is 0 Å². The minimum Gasteiger partial charge on any atom is -0.375 e. The molecule has 0 unspecified atom stereocenters. The number of nitrogens with zero attached hydrogens (tertiary/aromatic N) is 1. The summed E-state index contributed by atoms with van der Waals surface area (Å²) < 4.78 is 0. The topological polar surface area (TPSA) is 32.3 Å². The quantitative estimate of drug-likeness (QED) is 0.866. The van der Waals surface area contributed by atoms with Gasteiger partial charge in [0.2, 0.25) is 5.91 Å². The zero-order chi connectivity index (χ0) is 13.5. The molecule has 1 amide bonds. The smallest absolute Gasteiger partial charge is 0.241 e. The lowest BCUT2D eigenvalue weighted by molar-refractivity contribution is -0.128. The predicted molar refractivity (Wildman–Crippen MR) is 77.5 cm³/mol. The predicted octanol–water partition coefficient (Wildman–Crippen LogP) is 3.66. The Balaban J connectivity index is 2.49. The van der Waals surface area contributed by atoms with Gasteiger partial charge in [0.05, 0.1) is 17.3 Å². The number of likely N-dealkylation sites (N-methyl/N-ethyl adjacent to an activating group) is 1. The fourth-order valence-electron chi connectivity index (χ4n) is 1.46. The Labute approximate surface area is 118 Å². The molecule has 0 bridgehead atoms. The first kappa shape index (κ1) is 15.1. The Kier molecular flexibility index (Phi) is 6.30. The number of hydrogen-bond acceptors (Lipinski definition) is 2. The van der Waals surface area contributed by atoms with Gasteiger partial charge in [0, 0.05) is 18.6 Å². The highest BCUT2D eigenvalue weighted by Crippen LogP contribution is 2.25. The van der Waals surface area contributed by atoms with Crippen LogP contribution in [0.4, 0.5) is 5.69 Å².